The fourth-order valence-corrected chi connectivity index (χ4v) is 3.68. The molecule has 0 saturated carbocycles. The van der Waals surface area contributed by atoms with Gasteiger partial charge in [0.2, 0.25) is 0 Å². The molecule has 0 radical (unpaired) electrons. The summed E-state index contributed by atoms with van der Waals surface area (Å²) >= 11 is 1.82. The smallest absolute Gasteiger partial charge is 0.407 e. The first-order valence-corrected chi connectivity index (χ1v) is 8.97. The highest BCUT2D eigenvalue weighted by Crippen LogP contribution is 2.28. The van der Waals surface area contributed by atoms with Gasteiger partial charge in [0.25, 0.3) is 0 Å². The van der Waals surface area contributed by atoms with Crippen molar-refractivity contribution in [3.05, 3.63) is 22.4 Å². The Balaban J connectivity index is 1.80. The molecule has 1 saturated heterocycles. The molecule has 1 aromatic heterocycles. The second kappa shape index (κ2) is 7.47. The molecular weight excluding hydrogens is 296 g/mol. The molecule has 2 atom stereocenters. The van der Waals surface area contributed by atoms with E-state index in [1.54, 1.807) is 0 Å². The van der Waals surface area contributed by atoms with Crippen LogP contribution >= 0.6 is 11.3 Å². The van der Waals surface area contributed by atoms with Crippen LogP contribution in [0.3, 0.4) is 0 Å². The van der Waals surface area contributed by atoms with Gasteiger partial charge >= 0.3 is 6.09 Å². The number of carbonyl (C=O) groups is 1. The number of carbonyl (C=O) groups excluding carboxylic acids is 1. The third-order valence-corrected chi connectivity index (χ3v) is 5.03. The first kappa shape index (κ1) is 17.3. The summed E-state index contributed by atoms with van der Waals surface area (Å²) in [7, 11) is 0. The van der Waals surface area contributed by atoms with Gasteiger partial charge in [0.05, 0.1) is 0 Å². The minimum Gasteiger partial charge on any atom is -0.444 e. The fraction of sp³-hybridized carbons (Fsp3) is 0.706. The summed E-state index contributed by atoms with van der Waals surface area (Å²) in [5, 5.41) is 5.05. The van der Waals surface area contributed by atoms with Crippen molar-refractivity contribution in [1.29, 1.82) is 0 Å². The van der Waals surface area contributed by atoms with Gasteiger partial charge < -0.3 is 10.1 Å². The van der Waals surface area contributed by atoms with Gasteiger partial charge in [0.1, 0.15) is 5.60 Å². The Morgan fingerprint density at radius 1 is 1.55 bits per heavy atom. The largest absolute Gasteiger partial charge is 0.444 e. The lowest BCUT2D eigenvalue weighted by atomic mass is 9.96. The average molecular weight is 324 g/mol. The minimum absolute atomic E-state index is 0.309. The van der Waals surface area contributed by atoms with Crippen molar-refractivity contribution < 1.29 is 9.53 Å². The normalized spacial score (nSPS) is 21.4. The molecule has 0 aliphatic carbocycles. The number of likely N-dealkylation sites (tertiary alicyclic amines) is 1. The molecule has 1 fully saturated rings. The van der Waals surface area contributed by atoms with Gasteiger partial charge in [-0.2, -0.15) is 0 Å². The Morgan fingerprint density at radius 2 is 2.32 bits per heavy atom. The van der Waals surface area contributed by atoms with Crippen molar-refractivity contribution in [2.24, 2.45) is 5.92 Å². The molecule has 1 aliphatic heterocycles. The molecule has 4 nitrogen and oxygen atoms in total. The number of thiophene rings is 1. The first-order chi connectivity index (χ1) is 10.3. The fourth-order valence-electron chi connectivity index (χ4n) is 2.87. The van der Waals surface area contributed by atoms with E-state index in [1.807, 2.05) is 32.1 Å². The quantitative estimate of drug-likeness (QED) is 0.908. The zero-order chi connectivity index (χ0) is 16.2. The van der Waals surface area contributed by atoms with Crippen molar-refractivity contribution in [3.8, 4) is 0 Å². The lowest BCUT2D eigenvalue weighted by molar-refractivity contribution is 0.0501. The number of rotatable bonds is 4. The van der Waals surface area contributed by atoms with Crippen molar-refractivity contribution in [1.82, 2.24) is 10.2 Å². The molecule has 0 aromatic carbocycles. The van der Waals surface area contributed by atoms with E-state index in [9.17, 15) is 4.79 Å². The third-order valence-electron chi connectivity index (χ3n) is 3.99. The van der Waals surface area contributed by atoms with Crippen LogP contribution in [0.2, 0.25) is 0 Å². The predicted octanol–water partition coefficient (Wildman–Crippen LogP) is 4.05. The SMILES string of the molecule is C[C@H](c1cccs1)N1CCC[C@@H](CNC(=O)OC(C)(C)C)C1. The van der Waals surface area contributed by atoms with Crippen LogP contribution in [0, 0.1) is 5.92 Å². The molecule has 2 rings (SSSR count). The molecule has 1 aliphatic rings. The van der Waals surface area contributed by atoms with Crippen LogP contribution in [0.4, 0.5) is 4.79 Å². The number of amides is 1. The van der Waals surface area contributed by atoms with Gasteiger partial charge in [-0.25, -0.2) is 4.79 Å². The van der Waals surface area contributed by atoms with E-state index >= 15 is 0 Å². The zero-order valence-corrected chi connectivity index (χ0v) is 14.9. The van der Waals surface area contributed by atoms with Crippen molar-refractivity contribution in [2.45, 2.75) is 52.2 Å². The van der Waals surface area contributed by atoms with Gasteiger partial charge in [-0.05, 0) is 64.4 Å². The van der Waals surface area contributed by atoms with Crippen LogP contribution in [0.25, 0.3) is 0 Å². The molecule has 0 bridgehead atoms. The van der Waals surface area contributed by atoms with Crippen molar-refractivity contribution in [2.75, 3.05) is 19.6 Å². The molecular formula is C17H28N2O2S. The van der Waals surface area contributed by atoms with Crippen molar-refractivity contribution >= 4 is 17.4 Å². The number of ether oxygens (including phenoxy) is 1. The minimum atomic E-state index is -0.434. The highest BCUT2D eigenvalue weighted by molar-refractivity contribution is 7.10. The summed E-state index contributed by atoms with van der Waals surface area (Å²) < 4.78 is 5.30. The number of nitrogens with one attached hydrogen (secondary N) is 1. The maximum Gasteiger partial charge on any atom is 0.407 e. The average Bonchev–Trinajstić information content (AvgIpc) is 2.97. The molecule has 1 amide bonds. The molecule has 0 spiro atoms. The molecule has 5 heteroatoms. The van der Waals surface area contributed by atoms with Crippen LogP contribution in [0.5, 0.6) is 0 Å². The monoisotopic (exact) mass is 324 g/mol. The summed E-state index contributed by atoms with van der Waals surface area (Å²) in [4.78, 5) is 15.7. The summed E-state index contributed by atoms with van der Waals surface area (Å²) in [6.45, 7) is 10.8. The molecule has 124 valence electrons. The third kappa shape index (κ3) is 5.29. The second-order valence-electron chi connectivity index (χ2n) is 7.08. The predicted molar refractivity (Wildman–Crippen MR) is 91.3 cm³/mol. The van der Waals surface area contributed by atoms with E-state index in [1.165, 1.54) is 17.7 Å². The van der Waals surface area contributed by atoms with Crippen molar-refractivity contribution in [3.63, 3.8) is 0 Å². The summed E-state index contributed by atoms with van der Waals surface area (Å²) in [5.74, 6) is 0.503. The van der Waals surface area contributed by atoms with Gasteiger partial charge in [0, 0.05) is 24.0 Å². The summed E-state index contributed by atoms with van der Waals surface area (Å²) in [6, 6.07) is 4.78. The van der Waals surface area contributed by atoms with Gasteiger partial charge in [-0.1, -0.05) is 6.07 Å². The highest BCUT2D eigenvalue weighted by atomic mass is 32.1. The van der Waals surface area contributed by atoms with E-state index in [-0.39, 0.29) is 6.09 Å². The lowest BCUT2D eigenvalue weighted by Gasteiger charge is -2.36. The van der Waals surface area contributed by atoms with E-state index in [0.29, 0.717) is 18.5 Å². The number of piperidine rings is 1. The molecule has 22 heavy (non-hydrogen) atoms. The number of nitrogens with zero attached hydrogens (tertiary/aromatic N) is 1. The number of hydrogen-bond donors (Lipinski definition) is 1. The molecule has 1 aromatic rings. The number of alkyl carbamates (subject to hydrolysis) is 1. The van der Waals surface area contributed by atoms with E-state index in [0.717, 1.165) is 13.1 Å². The standard InChI is InChI=1S/C17H28N2O2S/c1-13(15-8-6-10-22-15)19-9-5-7-14(12-19)11-18-16(20)21-17(2,3)4/h6,8,10,13-14H,5,7,9,11-12H2,1-4H3,(H,18,20)/t13-,14+/m1/s1. The Kier molecular flexibility index (Phi) is 5.87. The van der Waals surface area contributed by atoms with Crippen LogP contribution in [0.15, 0.2) is 17.5 Å². The Bertz CT molecular complexity index is 468. The lowest BCUT2D eigenvalue weighted by Crippen LogP contribution is -2.42. The number of hydrogen-bond acceptors (Lipinski definition) is 4. The van der Waals surface area contributed by atoms with E-state index in [4.69, 9.17) is 4.74 Å². The topological polar surface area (TPSA) is 41.6 Å². The maximum absolute atomic E-state index is 11.8. The second-order valence-corrected chi connectivity index (χ2v) is 8.06. The van der Waals surface area contributed by atoms with Crippen LogP contribution in [-0.4, -0.2) is 36.2 Å². The van der Waals surface area contributed by atoms with Crippen LogP contribution in [0.1, 0.15) is 51.5 Å². The van der Waals surface area contributed by atoms with E-state index < -0.39 is 5.60 Å². The Hall–Kier alpha value is -1.07. The first-order valence-electron chi connectivity index (χ1n) is 8.09. The van der Waals surface area contributed by atoms with Gasteiger partial charge in [-0.3, -0.25) is 4.90 Å². The van der Waals surface area contributed by atoms with E-state index in [2.05, 4.69) is 34.7 Å². The van der Waals surface area contributed by atoms with Crippen LogP contribution < -0.4 is 5.32 Å². The summed E-state index contributed by atoms with van der Waals surface area (Å²) in [5.41, 5.74) is -0.434. The molecule has 2 heterocycles. The Labute approximate surface area is 137 Å². The Morgan fingerprint density at radius 3 is 2.95 bits per heavy atom. The van der Waals surface area contributed by atoms with Gasteiger partial charge in [-0.15, -0.1) is 11.3 Å². The zero-order valence-electron chi connectivity index (χ0n) is 14.1. The molecule has 1 N–H and O–H groups in total. The molecule has 0 unspecified atom stereocenters. The summed E-state index contributed by atoms with van der Waals surface area (Å²) in [6.07, 6.45) is 2.05. The van der Waals surface area contributed by atoms with Crippen LogP contribution in [-0.2, 0) is 4.74 Å². The maximum atomic E-state index is 11.8. The van der Waals surface area contributed by atoms with Gasteiger partial charge in [0.15, 0.2) is 0 Å². The highest BCUT2D eigenvalue weighted by Gasteiger charge is 2.25.